The molecule has 1 fully saturated rings. The number of carbonyl (C=O) groups excluding carboxylic acids is 2. The summed E-state index contributed by atoms with van der Waals surface area (Å²) in [4.78, 5) is 24.7. The third-order valence-corrected chi connectivity index (χ3v) is 4.63. The van der Waals surface area contributed by atoms with Crippen molar-refractivity contribution in [1.29, 1.82) is 0 Å². The topological polar surface area (TPSA) is 70.2 Å². The van der Waals surface area contributed by atoms with Crippen LogP contribution in [-0.4, -0.2) is 24.0 Å². The highest BCUT2D eigenvalue weighted by Crippen LogP contribution is 2.23. The number of nitrogens with one attached hydrogen (secondary N) is 3. The molecule has 0 aromatic heterocycles. The molecule has 1 aliphatic rings. The highest BCUT2D eigenvalue weighted by atomic mass is 16.2. The predicted molar refractivity (Wildman–Crippen MR) is 96.8 cm³/mol. The molecule has 5 heteroatoms. The minimum Gasteiger partial charge on any atom is -0.352 e. The predicted octanol–water partition coefficient (Wildman–Crippen LogP) is 3.53. The van der Waals surface area contributed by atoms with E-state index in [1.54, 1.807) is 0 Å². The summed E-state index contributed by atoms with van der Waals surface area (Å²) in [5.41, 5.74) is 0.708. The minimum atomic E-state index is -0.534. The van der Waals surface area contributed by atoms with E-state index < -0.39 is 6.04 Å². The van der Waals surface area contributed by atoms with Gasteiger partial charge in [0.25, 0.3) is 0 Å². The van der Waals surface area contributed by atoms with Gasteiger partial charge in [-0.1, -0.05) is 39.0 Å². The van der Waals surface area contributed by atoms with E-state index in [2.05, 4.69) is 22.9 Å². The molecule has 2 rings (SSSR count). The highest BCUT2D eigenvalue weighted by Gasteiger charge is 2.27. The van der Waals surface area contributed by atoms with E-state index in [-0.39, 0.29) is 23.9 Å². The summed E-state index contributed by atoms with van der Waals surface area (Å²) in [6.45, 7) is 6.14. The Morgan fingerprint density at radius 3 is 2.25 bits per heavy atom. The van der Waals surface area contributed by atoms with Crippen LogP contribution in [-0.2, 0) is 4.79 Å². The second kappa shape index (κ2) is 8.71. The number of benzene rings is 1. The molecule has 132 valence electrons. The van der Waals surface area contributed by atoms with Gasteiger partial charge in [-0.15, -0.1) is 0 Å². The molecular weight excluding hydrogens is 302 g/mol. The fourth-order valence-corrected chi connectivity index (χ4v) is 3.06. The first kappa shape index (κ1) is 18.3. The summed E-state index contributed by atoms with van der Waals surface area (Å²) in [7, 11) is 0. The lowest BCUT2D eigenvalue weighted by molar-refractivity contribution is -0.124. The van der Waals surface area contributed by atoms with Crippen molar-refractivity contribution < 1.29 is 9.59 Å². The second-order valence-electron chi connectivity index (χ2n) is 7.15. The molecule has 1 atom stereocenters. The maximum absolute atomic E-state index is 12.6. The van der Waals surface area contributed by atoms with E-state index in [0.29, 0.717) is 5.69 Å². The van der Waals surface area contributed by atoms with Crippen LogP contribution in [0.4, 0.5) is 10.5 Å². The quantitative estimate of drug-likeness (QED) is 0.772. The molecule has 1 aromatic carbocycles. The van der Waals surface area contributed by atoms with Crippen molar-refractivity contribution in [3.63, 3.8) is 0 Å². The normalized spacial score (nSPS) is 21.8. The van der Waals surface area contributed by atoms with Crippen LogP contribution < -0.4 is 16.0 Å². The zero-order chi connectivity index (χ0) is 17.5. The molecule has 0 radical (unpaired) electrons. The molecule has 1 aromatic rings. The van der Waals surface area contributed by atoms with Crippen LogP contribution in [0.5, 0.6) is 0 Å². The molecule has 1 aliphatic carbocycles. The average Bonchev–Trinajstić information content (AvgIpc) is 2.55. The van der Waals surface area contributed by atoms with Gasteiger partial charge >= 0.3 is 6.03 Å². The third-order valence-electron chi connectivity index (χ3n) is 4.63. The lowest BCUT2D eigenvalue weighted by Gasteiger charge is -2.29. The van der Waals surface area contributed by atoms with Gasteiger partial charge in [-0.3, -0.25) is 4.79 Å². The molecule has 0 spiro atoms. The lowest BCUT2D eigenvalue weighted by atomic mass is 9.87. The van der Waals surface area contributed by atoms with Crippen LogP contribution in [0, 0.1) is 11.8 Å². The van der Waals surface area contributed by atoms with E-state index in [1.165, 1.54) is 0 Å². The number of amides is 3. The van der Waals surface area contributed by atoms with Gasteiger partial charge < -0.3 is 16.0 Å². The van der Waals surface area contributed by atoms with Gasteiger partial charge in [-0.2, -0.15) is 0 Å². The molecule has 3 N–H and O–H groups in total. The average molecular weight is 331 g/mol. The fourth-order valence-electron chi connectivity index (χ4n) is 3.06. The Morgan fingerprint density at radius 1 is 1.04 bits per heavy atom. The van der Waals surface area contributed by atoms with Crippen molar-refractivity contribution in [2.75, 3.05) is 5.32 Å². The first-order valence-electron chi connectivity index (χ1n) is 8.88. The number of anilines is 1. The molecule has 5 nitrogen and oxygen atoms in total. The molecule has 0 aliphatic heterocycles. The third kappa shape index (κ3) is 5.55. The summed E-state index contributed by atoms with van der Waals surface area (Å²) < 4.78 is 0. The fraction of sp³-hybridized carbons (Fsp3) is 0.579. The number of urea groups is 1. The molecule has 1 unspecified atom stereocenters. The molecule has 1 saturated carbocycles. The highest BCUT2D eigenvalue weighted by molar-refractivity contribution is 5.93. The van der Waals surface area contributed by atoms with Crippen LogP contribution in [0.3, 0.4) is 0 Å². The largest absolute Gasteiger partial charge is 0.352 e. The monoisotopic (exact) mass is 331 g/mol. The molecule has 0 saturated heterocycles. The van der Waals surface area contributed by atoms with Gasteiger partial charge in [-0.25, -0.2) is 4.79 Å². The zero-order valence-electron chi connectivity index (χ0n) is 14.8. The summed E-state index contributed by atoms with van der Waals surface area (Å²) in [6, 6.07) is 8.56. The molecule has 0 bridgehead atoms. The van der Waals surface area contributed by atoms with Gasteiger partial charge in [0.05, 0.1) is 0 Å². The summed E-state index contributed by atoms with van der Waals surface area (Å²) in [5, 5.41) is 8.67. The van der Waals surface area contributed by atoms with Gasteiger partial charge in [0.2, 0.25) is 5.91 Å². The van der Waals surface area contributed by atoms with Crippen molar-refractivity contribution >= 4 is 17.6 Å². The first-order chi connectivity index (χ1) is 11.5. The molecule has 24 heavy (non-hydrogen) atoms. The van der Waals surface area contributed by atoms with E-state index in [1.807, 2.05) is 44.2 Å². The number of hydrogen-bond donors (Lipinski definition) is 3. The minimum absolute atomic E-state index is 0.0223. The number of rotatable bonds is 5. The first-order valence-corrected chi connectivity index (χ1v) is 8.88. The Labute approximate surface area is 144 Å². The van der Waals surface area contributed by atoms with E-state index in [0.717, 1.165) is 31.6 Å². The van der Waals surface area contributed by atoms with Crippen LogP contribution in [0.15, 0.2) is 30.3 Å². The zero-order valence-corrected chi connectivity index (χ0v) is 14.8. The van der Waals surface area contributed by atoms with E-state index in [9.17, 15) is 9.59 Å². The van der Waals surface area contributed by atoms with Gasteiger partial charge in [0.1, 0.15) is 6.04 Å². The van der Waals surface area contributed by atoms with Crippen molar-refractivity contribution in [1.82, 2.24) is 10.6 Å². The van der Waals surface area contributed by atoms with E-state index >= 15 is 0 Å². The van der Waals surface area contributed by atoms with Crippen LogP contribution in [0.2, 0.25) is 0 Å². The Morgan fingerprint density at radius 2 is 1.67 bits per heavy atom. The lowest BCUT2D eigenvalue weighted by Crippen LogP contribution is -2.53. The van der Waals surface area contributed by atoms with Crippen LogP contribution in [0.1, 0.15) is 46.5 Å². The Kier molecular flexibility index (Phi) is 6.64. The summed E-state index contributed by atoms with van der Waals surface area (Å²) in [5.74, 6) is 0.677. The maximum atomic E-state index is 12.6. The maximum Gasteiger partial charge on any atom is 0.319 e. The van der Waals surface area contributed by atoms with Crippen molar-refractivity contribution in [2.24, 2.45) is 11.8 Å². The van der Waals surface area contributed by atoms with Gasteiger partial charge in [0, 0.05) is 11.7 Å². The van der Waals surface area contributed by atoms with Gasteiger partial charge in [0.15, 0.2) is 0 Å². The number of carbonyl (C=O) groups is 2. The Balaban J connectivity index is 1.88. The van der Waals surface area contributed by atoms with Crippen LogP contribution in [0.25, 0.3) is 0 Å². The summed E-state index contributed by atoms with van der Waals surface area (Å²) in [6.07, 6.45) is 4.35. The van der Waals surface area contributed by atoms with Crippen LogP contribution >= 0.6 is 0 Å². The Hall–Kier alpha value is -2.04. The number of hydrogen-bond acceptors (Lipinski definition) is 2. The second-order valence-corrected chi connectivity index (χ2v) is 7.15. The van der Waals surface area contributed by atoms with Gasteiger partial charge in [-0.05, 0) is 49.7 Å². The van der Waals surface area contributed by atoms with Crippen molar-refractivity contribution in [3.05, 3.63) is 30.3 Å². The van der Waals surface area contributed by atoms with Crippen molar-refractivity contribution in [3.8, 4) is 0 Å². The molecule has 3 amide bonds. The van der Waals surface area contributed by atoms with Crippen molar-refractivity contribution in [2.45, 2.75) is 58.5 Å². The number of para-hydroxylation sites is 1. The molecular formula is C19H29N3O2. The van der Waals surface area contributed by atoms with E-state index in [4.69, 9.17) is 0 Å². The Bertz CT molecular complexity index is 537. The smallest absolute Gasteiger partial charge is 0.319 e. The standard InChI is InChI=1S/C19H29N3O2/c1-13(2)17(18(23)20-16-11-9-14(3)10-12-16)22-19(24)21-15-7-5-4-6-8-15/h4-8,13-14,16-17H,9-12H2,1-3H3,(H,20,23)(H2,21,22,24). The molecule has 0 heterocycles. The summed E-state index contributed by atoms with van der Waals surface area (Å²) >= 11 is 0. The SMILES string of the molecule is CC1CCC(NC(=O)C(NC(=O)Nc2ccccc2)C(C)C)CC1.